The molecule has 2 rings (SSSR count). The van der Waals surface area contributed by atoms with Gasteiger partial charge in [0.2, 0.25) is 0 Å². The second-order valence-electron chi connectivity index (χ2n) is 4.94. The van der Waals surface area contributed by atoms with Crippen molar-refractivity contribution in [1.29, 1.82) is 0 Å². The minimum absolute atomic E-state index is 0.158. The van der Waals surface area contributed by atoms with Crippen molar-refractivity contribution >= 4 is 5.97 Å². The topological polar surface area (TPSA) is 72.3 Å². The number of nitrogens with zero attached hydrogens (tertiary/aromatic N) is 2. The lowest BCUT2D eigenvalue weighted by Gasteiger charge is -2.08. The monoisotopic (exact) mass is 300 g/mol. The number of ether oxygens (including phenoxy) is 1. The van der Waals surface area contributed by atoms with Gasteiger partial charge in [-0.1, -0.05) is 20.3 Å². The summed E-state index contributed by atoms with van der Waals surface area (Å²) in [4.78, 5) is 19.6. The normalized spacial score (nSPS) is 10.5. The van der Waals surface area contributed by atoms with Crippen molar-refractivity contribution in [2.24, 2.45) is 0 Å². The summed E-state index contributed by atoms with van der Waals surface area (Å²) in [7, 11) is 0. The van der Waals surface area contributed by atoms with Crippen LogP contribution in [0.25, 0.3) is 11.4 Å². The summed E-state index contributed by atoms with van der Waals surface area (Å²) < 4.78 is 5.61. The lowest BCUT2D eigenvalue weighted by molar-refractivity contribution is 0.0694. The molecular formula is C17H20N2O3. The first-order valence-electron chi connectivity index (χ1n) is 7.48. The van der Waals surface area contributed by atoms with Crippen molar-refractivity contribution in [2.45, 2.75) is 33.1 Å². The first kappa shape index (κ1) is 15.9. The van der Waals surface area contributed by atoms with Crippen LogP contribution in [-0.4, -0.2) is 27.7 Å². The summed E-state index contributed by atoms with van der Waals surface area (Å²) in [6.45, 7) is 4.71. The fourth-order valence-electron chi connectivity index (χ4n) is 2.04. The molecule has 5 nitrogen and oxygen atoms in total. The molecule has 2 aromatic rings. The fourth-order valence-corrected chi connectivity index (χ4v) is 2.04. The van der Waals surface area contributed by atoms with Crippen LogP contribution in [0.4, 0.5) is 0 Å². The Bertz CT molecular complexity index is 639. The number of carboxylic acid groups (broad SMARTS) is 1. The summed E-state index contributed by atoms with van der Waals surface area (Å²) in [6.07, 6.45) is 4.05. The Morgan fingerprint density at radius 1 is 1.23 bits per heavy atom. The predicted octanol–water partition coefficient (Wildman–Crippen LogP) is 3.58. The van der Waals surface area contributed by atoms with Crippen LogP contribution in [0, 0.1) is 0 Å². The van der Waals surface area contributed by atoms with E-state index in [1.54, 1.807) is 0 Å². The molecule has 116 valence electrons. The Labute approximate surface area is 130 Å². The first-order chi connectivity index (χ1) is 10.7. The van der Waals surface area contributed by atoms with Crippen LogP contribution < -0.4 is 4.74 Å². The molecule has 5 heteroatoms. The molecule has 0 unspecified atom stereocenters. The van der Waals surface area contributed by atoms with Crippen LogP contribution in [-0.2, 0) is 6.42 Å². The van der Waals surface area contributed by atoms with Gasteiger partial charge in [-0.15, -0.1) is 0 Å². The maximum absolute atomic E-state index is 11.1. The third kappa shape index (κ3) is 3.81. The van der Waals surface area contributed by atoms with Gasteiger partial charge >= 0.3 is 5.97 Å². The van der Waals surface area contributed by atoms with Gasteiger partial charge in [0.1, 0.15) is 5.75 Å². The van der Waals surface area contributed by atoms with Gasteiger partial charge in [-0.05, 0) is 37.1 Å². The highest BCUT2D eigenvalue weighted by atomic mass is 16.5. The van der Waals surface area contributed by atoms with Gasteiger partial charge in [-0.25, -0.2) is 14.8 Å². The van der Waals surface area contributed by atoms with Crippen LogP contribution in [0.15, 0.2) is 30.5 Å². The number of hydrogen-bond acceptors (Lipinski definition) is 4. The van der Waals surface area contributed by atoms with Crippen molar-refractivity contribution in [3.8, 4) is 17.1 Å². The maximum Gasteiger partial charge on any atom is 0.339 e. The van der Waals surface area contributed by atoms with E-state index in [2.05, 4.69) is 16.9 Å². The predicted molar refractivity (Wildman–Crippen MR) is 84.2 cm³/mol. The largest absolute Gasteiger partial charge is 0.494 e. The molecular weight excluding hydrogens is 280 g/mol. The SMILES string of the molecule is CCCCOc1ccc(-c2ncc(C(=O)O)c(CC)n2)cc1. The molecule has 0 aliphatic heterocycles. The maximum atomic E-state index is 11.1. The molecule has 0 aliphatic carbocycles. The molecule has 0 bridgehead atoms. The van der Waals surface area contributed by atoms with E-state index in [4.69, 9.17) is 9.84 Å². The zero-order chi connectivity index (χ0) is 15.9. The summed E-state index contributed by atoms with van der Waals surface area (Å²) in [5, 5.41) is 9.10. The zero-order valence-corrected chi connectivity index (χ0v) is 12.9. The van der Waals surface area contributed by atoms with Crippen molar-refractivity contribution in [2.75, 3.05) is 6.61 Å². The smallest absolute Gasteiger partial charge is 0.339 e. The van der Waals surface area contributed by atoms with Crippen molar-refractivity contribution in [1.82, 2.24) is 9.97 Å². The third-order valence-electron chi connectivity index (χ3n) is 3.31. The zero-order valence-electron chi connectivity index (χ0n) is 12.9. The Hall–Kier alpha value is -2.43. The van der Waals surface area contributed by atoms with Gasteiger partial charge in [-0.2, -0.15) is 0 Å². The Morgan fingerprint density at radius 2 is 1.95 bits per heavy atom. The molecule has 0 saturated carbocycles. The molecule has 0 saturated heterocycles. The third-order valence-corrected chi connectivity index (χ3v) is 3.31. The number of carbonyl (C=O) groups is 1. The van der Waals surface area contributed by atoms with Crippen LogP contribution >= 0.6 is 0 Å². The molecule has 0 amide bonds. The lowest BCUT2D eigenvalue weighted by Crippen LogP contribution is -2.06. The van der Waals surface area contributed by atoms with E-state index in [-0.39, 0.29) is 5.56 Å². The van der Waals surface area contributed by atoms with E-state index in [0.717, 1.165) is 24.2 Å². The second kappa shape index (κ2) is 7.54. The minimum Gasteiger partial charge on any atom is -0.494 e. The van der Waals surface area contributed by atoms with Crippen molar-refractivity contribution in [3.63, 3.8) is 0 Å². The van der Waals surface area contributed by atoms with E-state index in [0.29, 0.717) is 24.5 Å². The molecule has 0 radical (unpaired) electrons. The van der Waals surface area contributed by atoms with Gasteiger partial charge in [0.05, 0.1) is 17.9 Å². The van der Waals surface area contributed by atoms with Gasteiger partial charge in [0.25, 0.3) is 0 Å². The Kier molecular flexibility index (Phi) is 5.47. The average molecular weight is 300 g/mol. The number of benzene rings is 1. The fraction of sp³-hybridized carbons (Fsp3) is 0.353. The van der Waals surface area contributed by atoms with Crippen molar-refractivity contribution < 1.29 is 14.6 Å². The quantitative estimate of drug-likeness (QED) is 0.791. The number of rotatable bonds is 7. The van der Waals surface area contributed by atoms with Gasteiger partial charge in [0, 0.05) is 11.8 Å². The summed E-state index contributed by atoms with van der Waals surface area (Å²) in [5.41, 5.74) is 1.54. The number of aryl methyl sites for hydroxylation is 1. The molecule has 0 aliphatic rings. The average Bonchev–Trinajstić information content (AvgIpc) is 2.55. The minimum atomic E-state index is -0.997. The van der Waals surface area contributed by atoms with Gasteiger partial charge in [-0.3, -0.25) is 0 Å². The van der Waals surface area contributed by atoms with E-state index >= 15 is 0 Å². The number of hydrogen-bond donors (Lipinski definition) is 1. The first-order valence-corrected chi connectivity index (χ1v) is 7.48. The molecule has 22 heavy (non-hydrogen) atoms. The molecule has 1 aromatic heterocycles. The Balaban J connectivity index is 2.19. The van der Waals surface area contributed by atoms with E-state index in [9.17, 15) is 4.79 Å². The molecule has 0 spiro atoms. The molecule has 1 aromatic carbocycles. The standard InChI is InChI=1S/C17H20N2O3/c1-3-5-10-22-13-8-6-12(7-9-13)16-18-11-14(17(20)21)15(4-2)19-16/h6-9,11H,3-5,10H2,1-2H3,(H,20,21). The highest BCUT2D eigenvalue weighted by molar-refractivity contribution is 5.88. The summed E-state index contributed by atoms with van der Waals surface area (Å²) >= 11 is 0. The number of carboxylic acids is 1. The number of aromatic nitrogens is 2. The van der Waals surface area contributed by atoms with E-state index in [1.165, 1.54) is 6.20 Å². The lowest BCUT2D eigenvalue weighted by atomic mass is 10.1. The summed E-state index contributed by atoms with van der Waals surface area (Å²) in [5.74, 6) is 0.347. The van der Waals surface area contributed by atoms with E-state index < -0.39 is 5.97 Å². The van der Waals surface area contributed by atoms with Gasteiger partial charge in [0.15, 0.2) is 5.82 Å². The van der Waals surface area contributed by atoms with Crippen LogP contribution in [0.5, 0.6) is 5.75 Å². The number of unbranched alkanes of at least 4 members (excludes halogenated alkanes) is 1. The molecule has 0 atom stereocenters. The van der Waals surface area contributed by atoms with Crippen LogP contribution in [0.2, 0.25) is 0 Å². The highest BCUT2D eigenvalue weighted by Crippen LogP contribution is 2.20. The number of aromatic carboxylic acids is 1. The molecule has 1 heterocycles. The van der Waals surface area contributed by atoms with Crippen LogP contribution in [0.1, 0.15) is 42.7 Å². The Morgan fingerprint density at radius 3 is 2.55 bits per heavy atom. The molecule has 0 fully saturated rings. The van der Waals surface area contributed by atoms with Crippen LogP contribution in [0.3, 0.4) is 0 Å². The van der Waals surface area contributed by atoms with Gasteiger partial charge < -0.3 is 9.84 Å². The highest BCUT2D eigenvalue weighted by Gasteiger charge is 2.12. The van der Waals surface area contributed by atoms with Crippen molar-refractivity contribution in [3.05, 3.63) is 41.7 Å². The van der Waals surface area contributed by atoms with E-state index in [1.807, 2.05) is 31.2 Å². The summed E-state index contributed by atoms with van der Waals surface area (Å²) in [6, 6.07) is 7.53. The second-order valence-corrected chi connectivity index (χ2v) is 4.94. The molecule has 1 N–H and O–H groups in total.